The molecule has 0 spiro atoms. The van der Waals surface area contributed by atoms with Gasteiger partial charge in [0, 0.05) is 18.1 Å². The van der Waals surface area contributed by atoms with E-state index >= 15 is 0 Å². The van der Waals surface area contributed by atoms with Crippen molar-refractivity contribution < 1.29 is 38.8 Å². The molecule has 2 N–H and O–H groups in total. The molecule has 0 aliphatic carbocycles. The summed E-state index contributed by atoms with van der Waals surface area (Å²) < 4.78 is 16.5. The Balaban J connectivity index is 2.13. The quantitative estimate of drug-likeness (QED) is 0.538. The van der Waals surface area contributed by atoms with E-state index in [-0.39, 0.29) is 23.3 Å². The first-order chi connectivity index (χ1) is 13.1. The summed E-state index contributed by atoms with van der Waals surface area (Å²) in [5.41, 5.74) is -1.14. The van der Waals surface area contributed by atoms with Crippen LogP contribution in [-0.4, -0.2) is 52.4 Å². The number of fused-ring (bicyclic) bond motifs is 3. The minimum absolute atomic E-state index is 0.0000265. The molecular weight excluding hydrogens is 368 g/mol. The monoisotopic (exact) mass is 390 g/mol. The van der Waals surface area contributed by atoms with E-state index in [0.717, 1.165) is 0 Å². The molecular formula is C20H22O8. The molecule has 0 unspecified atom stereocenters. The maximum absolute atomic E-state index is 12.5. The lowest BCUT2D eigenvalue weighted by molar-refractivity contribution is -0.173. The van der Waals surface area contributed by atoms with Crippen molar-refractivity contribution in [2.75, 3.05) is 6.61 Å². The van der Waals surface area contributed by atoms with Gasteiger partial charge in [-0.1, -0.05) is 12.7 Å². The average Bonchev–Trinajstić information content (AvgIpc) is 3.10. The number of aliphatic hydroxyl groups is 2. The van der Waals surface area contributed by atoms with E-state index in [1.54, 1.807) is 13.8 Å². The van der Waals surface area contributed by atoms with Gasteiger partial charge in [-0.25, -0.2) is 9.59 Å². The van der Waals surface area contributed by atoms with Crippen LogP contribution < -0.4 is 0 Å². The van der Waals surface area contributed by atoms with Crippen molar-refractivity contribution in [3.63, 3.8) is 0 Å². The molecule has 0 aromatic rings. The van der Waals surface area contributed by atoms with E-state index in [1.165, 1.54) is 19.1 Å². The van der Waals surface area contributed by atoms with Crippen molar-refractivity contribution in [1.29, 1.82) is 0 Å². The largest absolute Gasteiger partial charge is 0.480 e. The number of rotatable bonds is 3. The van der Waals surface area contributed by atoms with Gasteiger partial charge in [0.25, 0.3) is 0 Å². The van der Waals surface area contributed by atoms with E-state index in [9.17, 15) is 24.6 Å². The van der Waals surface area contributed by atoms with Gasteiger partial charge in [0.15, 0.2) is 5.60 Å². The lowest BCUT2D eigenvalue weighted by atomic mass is 9.81. The smallest absolute Gasteiger partial charge is 0.339 e. The number of ether oxygens (including phenoxy) is 3. The minimum Gasteiger partial charge on any atom is -0.480 e. The molecule has 0 saturated carbocycles. The number of allylic oxidation sites excluding steroid dienone is 2. The number of aliphatic hydroxyl groups excluding tert-OH is 2. The van der Waals surface area contributed by atoms with Crippen molar-refractivity contribution >= 4 is 17.7 Å². The Labute approximate surface area is 161 Å². The van der Waals surface area contributed by atoms with Gasteiger partial charge in [-0.2, -0.15) is 0 Å². The highest BCUT2D eigenvalue weighted by Crippen LogP contribution is 2.44. The highest BCUT2D eigenvalue weighted by atomic mass is 16.6. The molecule has 2 bridgehead atoms. The second kappa shape index (κ2) is 7.03. The van der Waals surface area contributed by atoms with Crippen molar-refractivity contribution in [2.45, 2.75) is 45.0 Å². The Morgan fingerprint density at radius 3 is 2.75 bits per heavy atom. The van der Waals surface area contributed by atoms with Crippen LogP contribution in [0.25, 0.3) is 0 Å². The molecule has 0 aromatic carbocycles. The van der Waals surface area contributed by atoms with Crippen LogP contribution in [0.15, 0.2) is 47.0 Å². The molecule has 8 nitrogen and oxygen atoms in total. The highest BCUT2D eigenvalue weighted by Gasteiger charge is 2.57. The zero-order valence-electron chi connectivity index (χ0n) is 15.9. The number of carbonyl (C=O) groups is 3. The van der Waals surface area contributed by atoms with Crippen molar-refractivity contribution in [3.8, 4) is 0 Å². The summed E-state index contributed by atoms with van der Waals surface area (Å²) >= 11 is 0. The van der Waals surface area contributed by atoms with E-state index in [2.05, 4.69) is 6.58 Å². The standard InChI is InChI=1S/C20H22O8/c1-5-11(8-21)19(25)27-16-14-10(3)18(24)26-15(14)9(2)6-12-7-13(22)20(4,28-12)17(16)23/h5,7,14,16-17,21,23H,3,6,8H2,1-2,4H3/b11-5+,15-9?/t14-,16-,17+,20-/m0/s1. The van der Waals surface area contributed by atoms with Crippen LogP contribution in [0.3, 0.4) is 0 Å². The molecule has 3 rings (SSSR count). The molecule has 0 amide bonds. The molecule has 3 aliphatic rings. The fraction of sp³-hybridized carbons (Fsp3) is 0.450. The molecule has 1 fully saturated rings. The molecule has 0 radical (unpaired) electrons. The van der Waals surface area contributed by atoms with Gasteiger partial charge in [-0.05, 0) is 26.3 Å². The first kappa shape index (κ1) is 20.0. The zero-order chi connectivity index (χ0) is 20.8. The molecule has 1 saturated heterocycles. The Morgan fingerprint density at radius 1 is 1.46 bits per heavy atom. The van der Waals surface area contributed by atoms with Gasteiger partial charge in [0.2, 0.25) is 5.78 Å². The lowest BCUT2D eigenvalue weighted by Gasteiger charge is -2.35. The average molecular weight is 390 g/mol. The van der Waals surface area contributed by atoms with Gasteiger partial charge < -0.3 is 24.4 Å². The highest BCUT2D eigenvalue weighted by molar-refractivity contribution is 6.00. The molecule has 3 aliphatic heterocycles. The van der Waals surface area contributed by atoms with E-state index in [0.29, 0.717) is 11.3 Å². The summed E-state index contributed by atoms with van der Waals surface area (Å²) in [6.07, 6.45) is -0.166. The predicted octanol–water partition coefficient (Wildman–Crippen LogP) is 0.846. The Kier molecular flexibility index (Phi) is 5.03. The number of ketones is 1. The van der Waals surface area contributed by atoms with Crippen molar-refractivity contribution in [3.05, 3.63) is 47.0 Å². The third-order valence-electron chi connectivity index (χ3n) is 5.34. The van der Waals surface area contributed by atoms with Crippen LogP contribution in [-0.2, 0) is 28.6 Å². The maximum atomic E-state index is 12.5. The van der Waals surface area contributed by atoms with Crippen molar-refractivity contribution in [1.82, 2.24) is 0 Å². The topological polar surface area (TPSA) is 119 Å². The number of carbonyl (C=O) groups excluding carboxylic acids is 3. The first-order valence-electron chi connectivity index (χ1n) is 8.83. The van der Waals surface area contributed by atoms with Gasteiger partial charge in [-0.3, -0.25) is 4.79 Å². The van der Waals surface area contributed by atoms with Crippen molar-refractivity contribution in [2.24, 2.45) is 5.92 Å². The number of esters is 2. The van der Waals surface area contributed by atoms with E-state index in [1.807, 2.05) is 0 Å². The van der Waals surface area contributed by atoms with Gasteiger partial charge in [-0.15, -0.1) is 0 Å². The Bertz CT molecular complexity index is 861. The maximum Gasteiger partial charge on any atom is 0.339 e. The van der Waals surface area contributed by atoms with Crippen LogP contribution in [0.5, 0.6) is 0 Å². The summed E-state index contributed by atoms with van der Waals surface area (Å²) in [6, 6.07) is 0. The lowest BCUT2D eigenvalue weighted by Crippen LogP contribution is -2.55. The van der Waals surface area contributed by atoms with Gasteiger partial charge >= 0.3 is 11.9 Å². The molecule has 3 heterocycles. The van der Waals surface area contributed by atoms with Crippen LogP contribution in [0.4, 0.5) is 0 Å². The summed E-state index contributed by atoms with van der Waals surface area (Å²) in [7, 11) is 0. The molecule has 150 valence electrons. The normalized spacial score (nSPS) is 32.8. The predicted molar refractivity (Wildman–Crippen MR) is 95.3 cm³/mol. The molecule has 0 aromatic heterocycles. The molecule has 4 atom stereocenters. The fourth-order valence-electron chi connectivity index (χ4n) is 3.60. The summed E-state index contributed by atoms with van der Waals surface area (Å²) in [5, 5.41) is 20.4. The molecule has 8 heteroatoms. The fourth-order valence-corrected chi connectivity index (χ4v) is 3.60. The second-order valence-electron chi connectivity index (χ2n) is 7.18. The summed E-state index contributed by atoms with van der Waals surface area (Å²) in [5.74, 6) is -2.50. The summed E-state index contributed by atoms with van der Waals surface area (Å²) in [4.78, 5) is 37.2. The van der Waals surface area contributed by atoms with Crippen LogP contribution in [0.1, 0.15) is 27.2 Å². The van der Waals surface area contributed by atoms with Gasteiger partial charge in [0.05, 0.1) is 18.1 Å². The second-order valence-corrected chi connectivity index (χ2v) is 7.18. The third-order valence-corrected chi connectivity index (χ3v) is 5.34. The molecule has 28 heavy (non-hydrogen) atoms. The Morgan fingerprint density at radius 2 is 2.14 bits per heavy atom. The minimum atomic E-state index is -1.70. The van der Waals surface area contributed by atoms with Gasteiger partial charge in [0.1, 0.15) is 23.7 Å². The third kappa shape index (κ3) is 2.98. The summed E-state index contributed by atoms with van der Waals surface area (Å²) in [6.45, 7) is 7.79. The number of hydrogen-bond donors (Lipinski definition) is 2. The first-order valence-corrected chi connectivity index (χ1v) is 8.83. The van der Waals surface area contributed by atoms with E-state index < -0.39 is 48.1 Å². The SMILES string of the molecule is C=C1C(=O)OC2=C(C)CC3=CC(=O)[C@](C)(O3)[C@H](O)[C@@H](OC(=O)/C(=C/C)CO)[C@@H]12. The Hall–Kier alpha value is -2.71. The number of hydrogen-bond acceptors (Lipinski definition) is 8. The van der Waals surface area contributed by atoms with Crippen LogP contribution >= 0.6 is 0 Å². The zero-order valence-corrected chi connectivity index (χ0v) is 15.9. The van der Waals surface area contributed by atoms with E-state index in [4.69, 9.17) is 14.2 Å². The van der Waals surface area contributed by atoms with Crippen LogP contribution in [0.2, 0.25) is 0 Å². The van der Waals surface area contributed by atoms with Crippen LogP contribution in [0, 0.1) is 5.92 Å².